The van der Waals surface area contributed by atoms with Crippen LogP contribution in [0.25, 0.3) is 0 Å². The van der Waals surface area contributed by atoms with Gasteiger partial charge in [0.2, 0.25) is 10.0 Å². The second-order valence-corrected chi connectivity index (χ2v) is 8.11. The molecule has 2 aromatic carbocycles. The summed E-state index contributed by atoms with van der Waals surface area (Å²) in [6.07, 6.45) is 1.07. The molecule has 0 radical (unpaired) electrons. The van der Waals surface area contributed by atoms with E-state index in [0.717, 1.165) is 27.3 Å². The predicted molar refractivity (Wildman–Crippen MR) is 105 cm³/mol. The first kappa shape index (κ1) is 19.7. The summed E-state index contributed by atoms with van der Waals surface area (Å²) in [5.41, 5.74) is 6.52. The van der Waals surface area contributed by atoms with E-state index >= 15 is 0 Å². The van der Waals surface area contributed by atoms with Crippen LogP contribution >= 0.6 is 0 Å². The molecule has 0 heterocycles. The van der Waals surface area contributed by atoms with Gasteiger partial charge in [0, 0.05) is 0 Å². The molecule has 0 bridgehead atoms. The van der Waals surface area contributed by atoms with Crippen molar-refractivity contribution in [1.82, 2.24) is 5.43 Å². The minimum Gasteiger partial charge on any atom is -0.271 e. The lowest BCUT2D eigenvalue weighted by Crippen LogP contribution is -2.39. The summed E-state index contributed by atoms with van der Waals surface area (Å²) in [5, 5.41) is 4.06. The van der Waals surface area contributed by atoms with E-state index in [9.17, 15) is 13.2 Å². The monoisotopic (exact) mass is 373 g/mol. The van der Waals surface area contributed by atoms with Crippen LogP contribution < -0.4 is 9.73 Å². The highest BCUT2D eigenvalue weighted by Crippen LogP contribution is 2.17. The molecule has 0 aromatic heterocycles. The molecule has 0 spiro atoms. The van der Waals surface area contributed by atoms with E-state index in [1.807, 2.05) is 38.1 Å². The number of hydrazone groups is 1. The minimum atomic E-state index is -3.60. The molecule has 2 rings (SSSR count). The molecule has 2 aromatic rings. The molecular weight excluding hydrogens is 350 g/mol. The van der Waals surface area contributed by atoms with Gasteiger partial charge in [-0.3, -0.25) is 9.10 Å². The van der Waals surface area contributed by atoms with Crippen LogP contribution in [0.5, 0.6) is 0 Å². The maximum absolute atomic E-state index is 12.2. The van der Waals surface area contributed by atoms with Gasteiger partial charge in [-0.25, -0.2) is 13.8 Å². The average Bonchev–Trinajstić information content (AvgIpc) is 2.58. The van der Waals surface area contributed by atoms with Crippen molar-refractivity contribution in [1.29, 1.82) is 0 Å². The topological polar surface area (TPSA) is 78.8 Å². The van der Waals surface area contributed by atoms with Crippen molar-refractivity contribution < 1.29 is 13.2 Å². The zero-order valence-electron chi connectivity index (χ0n) is 15.4. The molecule has 0 unspecified atom stereocenters. The van der Waals surface area contributed by atoms with E-state index in [1.165, 1.54) is 0 Å². The number of anilines is 1. The Morgan fingerprint density at radius 2 is 1.50 bits per heavy atom. The number of nitrogens with one attached hydrogen (secondary N) is 1. The molecule has 1 N–H and O–H groups in total. The van der Waals surface area contributed by atoms with Gasteiger partial charge in [0.25, 0.3) is 5.91 Å². The van der Waals surface area contributed by atoms with Gasteiger partial charge in [0.15, 0.2) is 0 Å². The molecule has 0 aliphatic heterocycles. The van der Waals surface area contributed by atoms with Crippen molar-refractivity contribution in [3.05, 3.63) is 65.2 Å². The Labute approximate surface area is 154 Å². The third-order valence-electron chi connectivity index (χ3n) is 3.83. The Kier molecular flexibility index (Phi) is 6.15. The number of nitrogens with zero attached hydrogens (tertiary/aromatic N) is 2. The highest BCUT2D eigenvalue weighted by atomic mass is 32.2. The lowest BCUT2D eigenvalue weighted by atomic mass is 10.1. The molecule has 0 saturated carbocycles. The van der Waals surface area contributed by atoms with Crippen LogP contribution in [0.15, 0.2) is 53.6 Å². The number of rotatable bonds is 6. The van der Waals surface area contributed by atoms with Gasteiger partial charge >= 0.3 is 0 Å². The van der Waals surface area contributed by atoms with Gasteiger partial charge in [0.1, 0.15) is 6.54 Å². The van der Waals surface area contributed by atoms with Crippen molar-refractivity contribution >= 4 is 27.3 Å². The van der Waals surface area contributed by atoms with E-state index in [-0.39, 0.29) is 6.54 Å². The standard InChI is InChI=1S/C19H23N3O3S/c1-14-5-9-17(10-6-14)16(3)20-21-19(23)13-22(26(4,24)25)18-11-7-15(2)8-12-18/h5-12H,13H2,1-4H3,(H,21,23)/b20-16-. The summed E-state index contributed by atoms with van der Waals surface area (Å²) >= 11 is 0. The number of hydrogen-bond donors (Lipinski definition) is 1. The van der Waals surface area contributed by atoms with E-state index in [1.54, 1.807) is 31.2 Å². The van der Waals surface area contributed by atoms with E-state index in [0.29, 0.717) is 11.4 Å². The summed E-state index contributed by atoms with van der Waals surface area (Å²) in [6, 6.07) is 14.7. The molecular formula is C19H23N3O3S. The fourth-order valence-corrected chi connectivity index (χ4v) is 3.14. The highest BCUT2D eigenvalue weighted by Gasteiger charge is 2.20. The molecule has 0 aliphatic rings. The predicted octanol–water partition coefficient (Wildman–Crippen LogP) is 2.61. The van der Waals surface area contributed by atoms with Crippen LogP contribution in [-0.2, 0) is 14.8 Å². The lowest BCUT2D eigenvalue weighted by molar-refractivity contribution is -0.119. The third-order valence-corrected chi connectivity index (χ3v) is 4.97. The zero-order chi connectivity index (χ0) is 19.3. The van der Waals surface area contributed by atoms with Crippen LogP contribution in [0, 0.1) is 13.8 Å². The van der Waals surface area contributed by atoms with Gasteiger partial charge in [-0.15, -0.1) is 0 Å². The Morgan fingerprint density at radius 1 is 1.00 bits per heavy atom. The van der Waals surface area contributed by atoms with Crippen molar-refractivity contribution in [2.45, 2.75) is 20.8 Å². The number of carbonyl (C=O) groups is 1. The van der Waals surface area contributed by atoms with Crippen molar-refractivity contribution in [2.24, 2.45) is 5.10 Å². The summed E-state index contributed by atoms with van der Waals surface area (Å²) in [7, 11) is -3.60. The average molecular weight is 373 g/mol. The maximum Gasteiger partial charge on any atom is 0.260 e. The van der Waals surface area contributed by atoms with Gasteiger partial charge < -0.3 is 0 Å². The first-order valence-electron chi connectivity index (χ1n) is 8.11. The molecule has 0 fully saturated rings. The highest BCUT2D eigenvalue weighted by molar-refractivity contribution is 7.92. The summed E-state index contributed by atoms with van der Waals surface area (Å²) in [5.74, 6) is -0.512. The molecule has 0 atom stereocenters. The lowest BCUT2D eigenvalue weighted by Gasteiger charge is -2.21. The minimum absolute atomic E-state index is 0.341. The number of benzene rings is 2. The van der Waals surface area contributed by atoms with Crippen LogP contribution in [0.3, 0.4) is 0 Å². The van der Waals surface area contributed by atoms with Crippen LogP contribution in [0.4, 0.5) is 5.69 Å². The molecule has 0 aliphatic carbocycles. The molecule has 7 heteroatoms. The normalized spacial score (nSPS) is 11.9. The first-order valence-corrected chi connectivity index (χ1v) is 9.96. The summed E-state index contributed by atoms with van der Waals surface area (Å²) < 4.78 is 25.2. The number of aryl methyl sites for hydroxylation is 2. The number of hydrogen-bond acceptors (Lipinski definition) is 4. The maximum atomic E-state index is 12.2. The molecule has 0 saturated heterocycles. The number of carbonyl (C=O) groups excluding carboxylic acids is 1. The molecule has 26 heavy (non-hydrogen) atoms. The largest absolute Gasteiger partial charge is 0.271 e. The quantitative estimate of drug-likeness (QED) is 0.624. The van der Waals surface area contributed by atoms with Gasteiger partial charge in [-0.05, 0) is 38.5 Å². The van der Waals surface area contributed by atoms with Gasteiger partial charge in [-0.1, -0.05) is 47.5 Å². The fraction of sp³-hybridized carbons (Fsp3) is 0.263. The Bertz CT molecular complexity index is 902. The number of sulfonamides is 1. The molecule has 138 valence electrons. The Hall–Kier alpha value is -2.67. The van der Waals surface area contributed by atoms with Crippen LogP contribution in [-0.4, -0.2) is 32.8 Å². The third kappa shape index (κ3) is 5.42. The number of amides is 1. The van der Waals surface area contributed by atoms with Gasteiger partial charge in [0.05, 0.1) is 17.7 Å². The molecule has 6 nitrogen and oxygen atoms in total. The van der Waals surface area contributed by atoms with Crippen molar-refractivity contribution in [2.75, 3.05) is 17.1 Å². The smallest absolute Gasteiger partial charge is 0.260 e. The SMILES string of the molecule is C/C(=N/NC(=O)CN(c1ccc(C)cc1)S(C)(=O)=O)c1ccc(C)cc1. The molecule has 1 amide bonds. The fourth-order valence-electron chi connectivity index (χ4n) is 2.28. The summed E-state index contributed by atoms with van der Waals surface area (Å²) in [4.78, 5) is 12.2. The Morgan fingerprint density at radius 3 is 2.00 bits per heavy atom. The second kappa shape index (κ2) is 8.14. The van der Waals surface area contributed by atoms with Crippen LogP contribution in [0.2, 0.25) is 0 Å². The van der Waals surface area contributed by atoms with E-state index < -0.39 is 15.9 Å². The van der Waals surface area contributed by atoms with E-state index in [4.69, 9.17) is 0 Å². The van der Waals surface area contributed by atoms with Crippen molar-refractivity contribution in [3.63, 3.8) is 0 Å². The van der Waals surface area contributed by atoms with Crippen LogP contribution in [0.1, 0.15) is 23.6 Å². The first-order chi connectivity index (χ1) is 12.2. The summed E-state index contributed by atoms with van der Waals surface area (Å²) in [6.45, 7) is 5.33. The second-order valence-electron chi connectivity index (χ2n) is 6.20. The zero-order valence-corrected chi connectivity index (χ0v) is 16.2. The van der Waals surface area contributed by atoms with Crippen molar-refractivity contribution in [3.8, 4) is 0 Å². The van der Waals surface area contributed by atoms with E-state index in [2.05, 4.69) is 10.5 Å². The van der Waals surface area contributed by atoms with Gasteiger partial charge in [-0.2, -0.15) is 5.10 Å². The Balaban J connectivity index is 2.11.